The molecule has 0 aromatic heterocycles. The first-order valence-electron chi connectivity index (χ1n) is 6.70. The Morgan fingerprint density at radius 2 is 1.58 bits per heavy atom. The monoisotopic (exact) mass is 253 g/mol. The molecule has 0 aliphatic rings. The molecule has 2 aromatic rings. The van der Waals surface area contributed by atoms with E-state index in [1.54, 1.807) is 0 Å². The standard InChI is InChI=1S/C17H19NO/c1-2-17(19)18-13-12-14-8-10-16(11-9-14)15-6-4-3-5-7-15/h3-11H,2,12-13H2,1H3,(H,18,19). The number of nitrogens with one attached hydrogen (secondary N) is 1. The Morgan fingerprint density at radius 3 is 2.21 bits per heavy atom. The highest BCUT2D eigenvalue weighted by atomic mass is 16.1. The zero-order valence-electron chi connectivity index (χ0n) is 11.2. The minimum Gasteiger partial charge on any atom is -0.356 e. The first kappa shape index (κ1) is 13.3. The zero-order chi connectivity index (χ0) is 13.5. The molecule has 0 aliphatic carbocycles. The summed E-state index contributed by atoms with van der Waals surface area (Å²) in [6, 6.07) is 18.8. The van der Waals surface area contributed by atoms with Gasteiger partial charge in [-0.25, -0.2) is 0 Å². The molecule has 1 amide bonds. The molecule has 0 saturated carbocycles. The van der Waals surface area contributed by atoms with E-state index in [1.165, 1.54) is 16.7 Å². The van der Waals surface area contributed by atoms with E-state index in [1.807, 2.05) is 25.1 Å². The molecule has 2 rings (SSSR count). The van der Waals surface area contributed by atoms with Crippen LogP contribution in [0.4, 0.5) is 0 Å². The van der Waals surface area contributed by atoms with Gasteiger partial charge in [0, 0.05) is 13.0 Å². The highest BCUT2D eigenvalue weighted by molar-refractivity contribution is 5.75. The number of amides is 1. The van der Waals surface area contributed by atoms with Crippen molar-refractivity contribution in [2.45, 2.75) is 19.8 Å². The molecule has 19 heavy (non-hydrogen) atoms. The normalized spacial score (nSPS) is 10.2. The minimum absolute atomic E-state index is 0.112. The molecular formula is C17H19NO. The maximum atomic E-state index is 11.1. The van der Waals surface area contributed by atoms with Crippen LogP contribution in [0.1, 0.15) is 18.9 Å². The van der Waals surface area contributed by atoms with Crippen molar-refractivity contribution < 1.29 is 4.79 Å². The van der Waals surface area contributed by atoms with Crippen molar-refractivity contribution in [1.29, 1.82) is 0 Å². The van der Waals surface area contributed by atoms with Crippen LogP contribution in [-0.2, 0) is 11.2 Å². The second-order valence-corrected chi connectivity index (χ2v) is 4.52. The summed E-state index contributed by atoms with van der Waals surface area (Å²) in [5.41, 5.74) is 3.70. The molecule has 0 fully saturated rings. The van der Waals surface area contributed by atoms with Gasteiger partial charge in [-0.1, -0.05) is 61.5 Å². The van der Waals surface area contributed by atoms with Gasteiger partial charge in [-0.2, -0.15) is 0 Å². The highest BCUT2D eigenvalue weighted by Gasteiger charge is 1.99. The van der Waals surface area contributed by atoms with Crippen LogP contribution >= 0.6 is 0 Å². The number of benzene rings is 2. The summed E-state index contributed by atoms with van der Waals surface area (Å²) in [4.78, 5) is 11.1. The largest absolute Gasteiger partial charge is 0.356 e. The van der Waals surface area contributed by atoms with Gasteiger partial charge < -0.3 is 5.32 Å². The summed E-state index contributed by atoms with van der Waals surface area (Å²) in [5.74, 6) is 0.112. The Balaban J connectivity index is 1.94. The molecule has 0 bridgehead atoms. The smallest absolute Gasteiger partial charge is 0.219 e. The molecular weight excluding hydrogens is 234 g/mol. The van der Waals surface area contributed by atoms with E-state index in [9.17, 15) is 4.79 Å². The van der Waals surface area contributed by atoms with E-state index >= 15 is 0 Å². The van der Waals surface area contributed by atoms with Crippen LogP contribution in [0.5, 0.6) is 0 Å². The Bertz CT molecular complexity index is 517. The SMILES string of the molecule is CCC(=O)NCCc1ccc(-c2ccccc2)cc1. The van der Waals surface area contributed by atoms with Gasteiger partial charge in [0.1, 0.15) is 0 Å². The fourth-order valence-corrected chi connectivity index (χ4v) is 1.97. The third-order valence-corrected chi connectivity index (χ3v) is 3.12. The first-order valence-corrected chi connectivity index (χ1v) is 6.70. The van der Waals surface area contributed by atoms with Crippen molar-refractivity contribution in [2.75, 3.05) is 6.54 Å². The molecule has 2 heteroatoms. The van der Waals surface area contributed by atoms with Crippen LogP contribution in [0, 0.1) is 0 Å². The fourth-order valence-electron chi connectivity index (χ4n) is 1.97. The summed E-state index contributed by atoms with van der Waals surface area (Å²) >= 11 is 0. The van der Waals surface area contributed by atoms with Gasteiger partial charge in [0.15, 0.2) is 0 Å². The van der Waals surface area contributed by atoms with Gasteiger partial charge in [0.25, 0.3) is 0 Å². The number of hydrogen-bond donors (Lipinski definition) is 1. The van der Waals surface area contributed by atoms with Gasteiger partial charge in [0.05, 0.1) is 0 Å². The van der Waals surface area contributed by atoms with Gasteiger partial charge in [-0.05, 0) is 23.1 Å². The van der Waals surface area contributed by atoms with Crippen LogP contribution in [0.3, 0.4) is 0 Å². The lowest BCUT2D eigenvalue weighted by Crippen LogP contribution is -2.24. The molecule has 2 nitrogen and oxygen atoms in total. The number of carbonyl (C=O) groups is 1. The minimum atomic E-state index is 0.112. The predicted molar refractivity (Wildman–Crippen MR) is 78.9 cm³/mol. The summed E-state index contributed by atoms with van der Waals surface area (Å²) in [7, 11) is 0. The first-order chi connectivity index (χ1) is 9.29. The van der Waals surface area contributed by atoms with E-state index in [0.29, 0.717) is 13.0 Å². The number of carbonyl (C=O) groups excluding carboxylic acids is 1. The third-order valence-electron chi connectivity index (χ3n) is 3.12. The average molecular weight is 253 g/mol. The average Bonchev–Trinajstić information content (AvgIpc) is 2.48. The van der Waals surface area contributed by atoms with Crippen LogP contribution in [0.15, 0.2) is 54.6 Å². The lowest BCUT2D eigenvalue weighted by atomic mass is 10.0. The molecule has 1 N–H and O–H groups in total. The molecule has 0 spiro atoms. The second-order valence-electron chi connectivity index (χ2n) is 4.52. The quantitative estimate of drug-likeness (QED) is 0.869. The predicted octanol–water partition coefficient (Wildman–Crippen LogP) is 3.42. The van der Waals surface area contributed by atoms with E-state index in [4.69, 9.17) is 0 Å². The summed E-state index contributed by atoms with van der Waals surface area (Å²) in [6.45, 7) is 2.57. The molecule has 0 aliphatic heterocycles. The van der Waals surface area contributed by atoms with E-state index in [-0.39, 0.29) is 5.91 Å². The summed E-state index contributed by atoms with van der Waals surface area (Å²) in [6.07, 6.45) is 1.42. The van der Waals surface area contributed by atoms with Crippen LogP contribution in [-0.4, -0.2) is 12.5 Å². The van der Waals surface area contributed by atoms with E-state index in [0.717, 1.165) is 6.42 Å². The Morgan fingerprint density at radius 1 is 0.947 bits per heavy atom. The number of rotatable bonds is 5. The Kier molecular flexibility index (Phi) is 4.73. The lowest BCUT2D eigenvalue weighted by molar-refractivity contribution is -0.120. The van der Waals surface area contributed by atoms with Crippen molar-refractivity contribution in [1.82, 2.24) is 5.32 Å². The molecule has 0 atom stereocenters. The van der Waals surface area contributed by atoms with Gasteiger partial charge in [0.2, 0.25) is 5.91 Å². The molecule has 0 heterocycles. The van der Waals surface area contributed by atoms with E-state index < -0.39 is 0 Å². The topological polar surface area (TPSA) is 29.1 Å². The third kappa shape index (κ3) is 3.95. The number of hydrogen-bond acceptors (Lipinski definition) is 1. The van der Waals surface area contributed by atoms with Crippen LogP contribution in [0.2, 0.25) is 0 Å². The van der Waals surface area contributed by atoms with Crippen molar-refractivity contribution >= 4 is 5.91 Å². The van der Waals surface area contributed by atoms with Crippen molar-refractivity contribution in [2.24, 2.45) is 0 Å². The highest BCUT2D eigenvalue weighted by Crippen LogP contribution is 2.19. The zero-order valence-corrected chi connectivity index (χ0v) is 11.2. The van der Waals surface area contributed by atoms with Crippen LogP contribution < -0.4 is 5.32 Å². The van der Waals surface area contributed by atoms with Gasteiger partial charge in [-0.3, -0.25) is 4.79 Å². The maximum absolute atomic E-state index is 11.1. The Hall–Kier alpha value is -2.09. The van der Waals surface area contributed by atoms with E-state index in [2.05, 4.69) is 41.7 Å². The molecule has 2 aromatic carbocycles. The van der Waals surface area contributed by atoms with Gasteiger partial charge in [-0.15, -0.1) is 0 Å². The second kappa shape index (κ2) is 6.74. The molecule has 0 radical (unpaired) electrons. The molecule has 0 saturated heterocycles. The molecule has 98 valence electrons. The summed E-state index contributed by atoms with van der Waals surface area (Å²) < 4.78 is 0. The Labute approximate surface area is 114 Å². The lowest BCUT2D eigenvalue weighted by Gasteiger charge is -2.06. The van der Waals surface area contributed by atoms with Gasteiger partial charge >= 0.3 is 0 Å². The maximum Gasteiger partial charge on any atom is 0.219 e. The van der Waals surface area contributed by atoms with Crippen molar-refractivity contribution in [3.63, 3.8) is 0 Å². The van der Waals surface area contributed by atoms with Crippen molar-refractivity contribution in [3.8, 4) is 11.1 Å². The molecule has 0 unspecified atom stereocenters. The van der Waals surface area contributed by atoms with Crippen LogP contribution in [0.25, 0.3) is 11.1 Å². The fraction of sp³-hybridized carbons (Fsp3) is 0.235. The van der Waals surface area contributed by atoms with Crippen molar-refractivity contribution in [3.05, 3.63) is 60.2 Å². The summed E-state index contributed by atoms with van der Waals surface area (Å²) in [5, 5.41) is 2.89.